The fraction of sp³-hybridized carbons (Fsp3) is 0.0769. The minimum atomic E-state index is 0.884. The molecule has 3 heterocycles. The van der Waals surface area contributed by atoms with Gasteiger partial charge < -0.3 is 4.57 Å². The highest BCUT2D eigenvalue weighted by molar-refractivity contribution is 6.08. The first-order valence-corrected chi connectivity index (χ1v) is 9.90. The zero-order valence-electron chi connectivity index (χ0n) is 16.3. The van der Waals surface area contributed by atoms with Gasteiger partial charge in [-0.1, -0.05) is 48.6 Å². The van der Waals surface area contributed by atoms with Gasteiger partial charge in [0, 0.05) is 46.3 Å². The summed E-state index contributed by atoms with van der Waals surface area (Å²) >= 11 is 0. The third-order valence-corrected chi connectivity index (χ3v) is 5.31. The zero-order chi connectivity index (χ0) is 19.6. The predicted octanol–water partition coefficient (Wildman–Crippen LogP) is 6.44. The number of hydrogen-bond donors (Lipinski definition) is 0. The van der Waals surface area contributed by atoms with Crippen molar-refractivity contribution >= 4 is 34.0 Å². The lowest BCUT2D eigenvalue weighted by Gasteiger charge is -2.04. The van der Waals surface area contributed by atoms with Crippen LogP contribution in [-0.4, -0.2) is 14.5 Å². The van der Waals surface area contributed by atoms with E-state index in [-0.39, 0.29) is 0 Å². The van der Waals surface area contributed by atoms with Crippen LogP contribution in [0.15, 0.2) is 85.2 Å². The summed E-state index contributed by atoms with van der Waals surface area (Å²) < 4.78 is 2.37. The Labute approximate surface area is 170 Å². The Morgan fingerprint density at radius 2 is 1.59 bits per heavy atom. The van der Waals surface area contributed by atoms with E-state index in [2.05, 4.69) is 82.1 Å². The van der Waals surface area contributed by atoms with Crippen LogP contribution in [0.1, 0.15) is 18.1 Å². The SMILES string of the molecule is CCn1c2ccccc2c2cc(/C=C/c3cccnc3-c3ccccn3)ccc21. The van der Waals surface area contributed by atoms with Crippen LogP contribution >= 0.6 is 0 Å². The number of aromatic nitrogens is 3. The third kappa shape index (κ3) is 3.11. The molecule has 0 aliphatic heterocycles. The average Bonchev–Trinajstić information content (AvgIpc) is 3.11. The molecule has 140 valence electrons. The van der Waals surface area contributed by atoms with Crippen molar-refractivity contribution in [2.45, 2.75) is 13.5 Å². The predicted molar refractivity (Wildman–Crippen MR) is 122 cm³/mol. The fourth-order valence-corrected chi connectivity index (χ4v) is 3.97. The summed E-state index contributed by atoms with van der Waals surface area (Å²) in [6, 6.07) is 25.2. The van der Waals surface area contributed by atoms with E-state index >= 15 is 0 Å². The van der Waals surface area contributed by atoms with Gasteiger partial charge in [-0.25, -0.2) is 0 Å². The van der Waals surface area contributed by atoms with Crippen molar-refractivity contribution in [3.63, 3.8) is 0 Å². The zero-order valence-corrected chi connectivity index (χ0v) is 16.3. The summed E-state index contributed by atoms with van der Waals surface area (Å²) in [5, 5.41) is 2.59. The molecule has 29 heavy (non-hydrogen) atoms. The van der Waals surface area contributed by atoms with Gasteiger partial charge >= 0.3 is 0 Å². The molecule has 0 bridgehead atoms. The molecular weight excluding hydrogens is 354 g/mol. The maximum Gasteiger partial charge on any atom is 0.0958 e. The highest BCUT2D eigenvalue weighted by Gasteiger charge is 2.09. The summed E-state index contributed by atoms with van der Waals surface area (Å²) in [5.74, 6) is 0. The van der Waals surface area contributed by atoms with Crippen LogP contribution in [0, 0.1) is 0 Å². The molecule has 0 saturated carbocycles. The van der Waals surface area contributed by atoms with Crippen molar-refractivity contribution in [3.8, 4) is 11.4 Å². The van der Waals surface area contributed by atoms with Gasteiger partial charge in [-0.05, 0) is 48.9 Å². The van der Waals surface area contributed by atoms with Crippen molar-refractivity contribution in [2.24, 2.45) is 0 Å². The fourth-order valence-electron chi connectivity index (χ4n) is 3.97. The second-order valence-corrected chi connectivity index (χ2v) is 7.03. The topological polar surface area (TPSA) is 30.7 Å². The van der Waals surface area contributed by atoms with Crippen molar-refractivity contribution in [1.82, 2.24) is 14.5 Å². The van der Waals surface area contributed by atoms with E-state index in [0.717, 1.165) is 23.5 Å². The maximum atomic E-state index is 4.55. The van der Waals surface area contributed by atoms with Crippen molar-refractivity contribution in [2.75, 3.05) is 0 Å². The second kappa shape index (κ2) is 7.36. The number of aryl methyl sites for hydroxylation is 1. The molecule has 3 nitrogen and oxygen atoms in total. The summed E-state index contributed by atoms with van der Waals surface area (Å²) in [6.45, 7) is 3.16. The van der Waals surface area contributed by atoms with Crippen LogP contribution in [0.25, 0.3) is 45.3 Å². The molecule has 0 aliphatic rings. The van der Waals surface area contributed by atoms with E-state index in [4.69, 9.17) is 0 Å². The van der Waals surface area contributed by atoms with Gasteiger partial charge in [0.2, 0.25) is 0 Å². The van der Waals surface area contributed by atoms with E-state index in [1.807, 2.05) is 30.5 Å². The Morgan fingerprint density at radius 1 is 0.759 bits per heavy atom. The lowest BCUT2D eigenvalue weighted by molar-refractivity contribution is 0.827. The van der Waals surface area contributed by atoms with E-state index in [0.29, 0.717) is 0 Å². The first-order valence-electron chi connectivity index (χ1n) is 9.90. The molecule has 0 atom stereocenters. The molecule has 0 amide bonds. The van der Waals surface area contributed by atoms with Crippen molar-refractivity contribution in [3.05, 3.63) is 96.3 Å². The lowest BCUT2D eigenvalue weighted by atomic mass is 10.1. The average molecular weight is 375 g/mol. The molecule has 0 fully saturated rings. The van der Waals surface area contributed by atoms with E-state index in [1.165, 1.54) is 27.4 Å². The number of rotatable bonds is 4. The quantitative estimate of drug-likeness (QED) is 0.362. The molecule has 0 spiro atoms. The number of pyridine rings is 2. The molecule has 0 radical (unpaired) electrons. The highest BCUT2D eigenvalue weighted by atomic mass is 15.0. The maximum absolute atomic E-state index is 4.55. The Balaban J connectivity index is 1.58. The van der Waals surface area contributed by atoms with Crippen molar-refractivity contribution < 1.29 is 0 Å². The first-order chi connectivity index (χ1) is 14.3. The summed E-state index contributed by atoms with van der Waals surface area (Å²) in [6.07, 6.45) is 7.89. The molecule has 3 aromatic heterocycles. The van der Waals surface area contributed by atoms with Crippen LogP contribution in [-0.2, 0) is 6.54 Å². The van der Waals surface area contributed by atoms with Crippen LogP contribution < -0.4 is 0 Å². The van der Waals surface area contributed by atoms with Gasteiger partial charge in [-0.2, -0.15) is 0 Å². The number of fused-ring (bicyclic) bond motifs is 3. The number of hydrogen-bond acceptors (Lipinski definition) is 2. The molecule has 2 aromatic carbocycles. The van der Waals surface area contributed by atoms with E-state index in [9.17, 15) is 0 Å². The lowest BCUT2D eigenvalue weighted by Crippen LogP contribution is -1.92. The standard InChI is InChI=1S/C26H21N3/c1-2-29-24-11-4-3-9-21(24)22-18-19(13-15-25(22)29)12-14-20-8-7-17-28-26(20)23-10-5-6-16-27-23/h3-18H,2H2,1H3/b14-12+. The third-order valence-electron chi connectivity index (χ3n) is 5.31. The van der Waals surface area contributed by atoms with Gasteiger partial charge in [-0.3, -0.25) is 9.97 Å². The largest absolute Gasteiger partial charge is 0.341 e. The van der Waals surface area contributed by atoms with Crippen LogP contribution in [0.2, 0.25) is 0 Å². The van der Waals surface area contributed by atoms with Gasteiger partial charge in [0.25, 0.3) is 0 Å². The van der Waals surface area contributed by atoms with Crippen LogP contribution in [0.3, 0.4) is 0 Å². The number of benzene rings is 2. The van der Waals surface area contributed by atoms with Crippen LogP contribution in [0.5, 0.6) is 0 Å². The van der Waals surface area contributed by atoms with Crippen molar-refractivity contribution in [1.29, 1.82) is 0 Å². The molecule has 3 heteroatoms. The molecule has 0 unspecified atom stereocenters. The molecule has 5 aromatic rings. The van der Waals surface area contributed by atoms with Gasteiger partial charge in [0.1, 0.15) is 0 Å². The Kier molecular flexibility index (Phi) is 4.41. The van der Waals surface area contributed by atoms with E-state index < -0.39 is 0 Å². The number of nitrogens with zero attached hydrogens (tertiary/aromatic N) is 3. The second-order valence-electron chi connectivity index (χ2n) is 7.03. The monoisotopic (exact) mass is 375 g/mol. The minimum Gasteiger partial charge on any atom is -0.341 e. The minimum absolute atomic E-state index is 0.884. The smallest absolute Gasteiger partial charge is 0.0958 e. The van der Waals surface area contributed by atoms with Gasteiger partial charge in [0.05, 0.1) is 11.4 Å². The summed E-state index contributed by atoms with van der Waals surface area (Å²) in [7, 11) is 0. The van der Waals surface area contributed by atoms with Gasteiger partial charge in [-0.15, -0.1) is 0 Å². The molecular formula is C26H21N3. The summed E-state index contributed by atoms with van der Waals surface area (Å²) in [5.41, 5.74) is 6.58. The molecule has 0 saturated heterocycles. The van der Waals surface area contributed by atoms with E-state index in [1.54, 1.807) is 6.20 Å². The van der Waals surface area contributed by atoms with Crippen LogP contribution in [0.4, 0.5) is 0 Å². The molecule has 5 rings (SSSR count). The normalized spacial score (nSPS) is 11.6. The summed E-state index contributed by atoms with van der Waals surface area (Å²) in [4.78, 5) is 9.00. The number of para-hydroxylation sites is 1. The Hall–Kier alpha value is -3.72. The van der Waals surface area contributed by atoms with Gasteiger partial charge in [0.15, 0.2) is 0 Å². The Morgan fingerprint density at radius 3 is 2.45 bits per heavy atom. The first kappa shape index (κ1) is 17.4. The molecule has 0 aliphatic carbocycles. The molecule has 0 N–H and O–H groups in total. The Bertz CT molecular complexity index is 1330. The highest BCUT2D eigenvalue weighted by Crippen LogP contribution is 2.30.